The second kappa shape index (κ2) is 5.17. The lowest BCUT2D eigenvalue weighted by Gasteiger charge is -2.07. The molecule has 0 radical (unpaired) electrons. The molecule has 0 saturated carbocycles. The number of allylic oxidation sites excluding steroid dienone is 1. The molecule has 0 unspecified atom stereocenters. The summed E-state index contributed by atoms with van der Waals surface area (Å²) in [5, 5.41) is 0. The van der Waals surface area contributed by atoms with Crippen molar-refractivity contribution in [2.45, 2.75) is 6.42 Å². The average molecular weight is 210 g/mol. The van der Waals surface area contributed by atoms with Gasteiger partial charge in [-0.05, 0) is 0 Å². The average Bonchev–Trinajstić information content (AvgIpc) is 1.84. The van der Waals surface area contributed by atoms with Gasteiger partial charge in [-0.25, -0.2) is 0 Å². The Morgan fingerprint density at radius 1 is 1.33 bits per heavy atom. The zero-order chi connectivity index (χ0) is 9.72. The smallest absolute Gasteiger partial charge is 0.229 e. The van der Waals surface area contributed by atoms with Gasteiger partial charge in [0.2, 0.25) is 5.91 Å². The zero-order valence-electron chi connectivity index (χ0n) is 6.80. The van der Waals surface area contributed by atoms with Gasteiger partial charge in [0.25, 0.3) is 0 Å². The van der Waals surface area contributed by atoms with E-state index in [9.17, 15) is 9.59 Å². The Morgan fingerprint density at radius 2 is 1.83 bits per heavy atom. The van der Waals surface area contributed by atoms with Crippen molar-refractivity contribution in [2.75, 3.05) is 14.1 Å². The number of ketones is 1. The fraction of sp³-hybridized carbons (Fsp3) is 0.429. The molecular formula is C7H9Cl2NO2. The maximum absolute atomic E-state index is 10.9. The molecule has 0 saturated heterocycles. The van der Waals surface area contributed by atoms with E-state index < -0.39 is 5.78 Å². The van der Waals surface area contributed by atoms with E-state index in [4.69, 9.17) is 23.2 Å². The Labute approximate surface area is 80.9 Å². The van der Waals surface area contributed by atoms with E-state index >= 15 is 0 Å². The predicted molar refractivity (Wildman–Crippen MR) is 48.1 cm³/mol. The molecule has 3 nitrogen and oxygen atoms in total. The molecule has 1 amide bonds. The molecule has 0 aliphatic rings. The second-order valence-corrected chi connectivity index (χ2v) is 3.37. The Bertz CT molecular complexity index is 219. The van der Waals surface area contributed by atoms with E-state index in [0.717, 1.165) is 6.08 Å². The van der Waals surface area contributed by atoms with Crippen LogP contribution in [0.4, 0.5) is 0 Å². The normalized spacial score (nSPS) is 9.00. The summed E-state index contributed by atoms with van der Waals surface area (Å²) in [5.41, 5.74) is 0. The van der Waals surface area contributed by atoms with Crippen LogP contribution >= 0.6 is 23.2 Å². The SMILES string of the molecule is CN(C)C(=O)CC(=O)C=C(Cl)Cl. The minimum Gasteiger partial charge on any atom is -0.348 e. The van der Waals surface area contributed by atoms with E-state index in [2.05, 4.69) is 0 Å². The van der Waals surface area contributed by atoms with Gasteiger partial charge in [0.05, 0.1) is 6.42 Å². The lowest BCUT2D eigenvalue weighted by molar-refractivity contribution is -0.132. The van der Waals surface area contributed by atoms with Crippen LogP contribution < -0.4 is 0 Å². The first-order valence-electron chi connectivity index (χ1n) is 3.19. The Morgan fingerprint density at radius 3 is 2.17 bits per heavy atom. The van der Waals surface area contributed by atoms with Crippen molar-refractivity contribution in [1.82, 2.24) is 4.90 Å². The van der Waals surface area contributed by atoms with Gasteiger partial charge in [0.15, 0.2) is 5.78 Å². The van der Waals surface area contributed by atoms with Gasteiger partial charge in [-0.3, -0.25) is 9.59 Å². The van der Waals surface area contributed by atoms with Gasteiger partial charge >= 0.3 is 0 Å². The molecule has 0 aliphatic heterocycles. The van der Waals surface area contributed by atoms with Crippen LogP contribution in [0.25, 0.3) is 0 Å². The highest BCUT2D eigenvalue weighted by Gasteiger charge is 2.08. The van der Waals surface area contributed by atoms with Gasteiger partial charge in [0.1, 0.15) is 4.49 Å². The number of carbonyl (C=O) groups is 2. The molecule has 0 fully saturated rings. The highest BCUT2D eigenvalue weighted by atomic mass is 35.5. The van der Waals surface area contributed by atoms with Gasteiger partial charge in [-0.15, -0.1) is 0 Å². The van der Waals surface area contributed by atoms with E-state index in [-0.39, 0.29) is 16.8 Å². The molecule has 0 aliphatic carbocycles. The molecule has 5 heteroatoms. The van der Waals surface area contributed by atoms with Crippen molar-refractivity contribution in [1.29, 1.82) is 0 Å². The summed E-state index contributed by atoms with van der Waals surface area (Å²) >= 11 is 10.4. The van der Waals surface area contributed by atoms with E-state index in [0.29, 0.717) is 0 Å². The van der Waals surface area contributed by atoms with Crippen LogP contribution in [0.3, 0.4) is 0 Å². The van der Waals surface area contributed by atoms with Gasteiger partial charge in [-0.1, -0.05) is 23.2 Å². The number of nitrogens with zero attached hydrogens (tertiary/aromatic N) is 1. The Hall–Kier alpha value is -0.540. The first-order chi connectivity index (χ1) is 5.43. The number of halogens is 2. The van der Waals surface area contributed by atoms with Crippen LogP contribution in [0.5, 0.6) is 0 Å². The number of rotatable bonds is 3. The van der Waals surface area contributed by atoms with Crippen LogP contribution in [0, 0.1) is 0 Å². The van der Waals surface area contributed by atoms with E-state index in [1.54, 1.807) is 14.1 Å². The summed E-state index contributed by atoms with van der Waals surface area (Å²) in [5.74, 6) is -0.667. The van der Waals surface area contributed by atoms with Crippen LogP contribution in [0.2, 0.25) is 0 Å². The maximum Gasteiger partial charge on any atom is 0.229 e. The predicted octanol–water partition coefficient (Wildman–Crippen LogP) is 1.35. The molecule has 12 heavy (non-hydrogen) atoms. The largest absolute Gasteiger partial charge is 0.348 e. The lowest BCUT2D eigenvalue weighted by Crippen LogP contribution is -2.23. The van der Waals surface area contributed by atoms with Crippen LogP contribution in [-0.2, 0) is 9.59 Å². The third kappa shape index (κ3) is 5.16. The Balaban J connectivity index is 4.03. The maximum atomic E-state index is 10.9. The van der Waals surface area contributed by atoms with E-state index in [1.165, 1.54) is 4.90 Å². The van der Waals surface area contributed by atoms with Gasteiger partial charge in [-0.2, -0.15) is 0 Å². The topological polar surface area (TPSA) is 37.4 Å². The quantitative estimate of drug-likeness (QED) is 0.520. The summed E-state index contributed by atoms with van der Waals surface area (Å²) in [4.78, 5) is 23.1. The van der Waals surface area contributed by atoms with Crippen molar-refractivity contribution in [3.8, 4) is 0 Å². The fourth-order valence-corrected chi connectivity index (χ4v) is 0.723. The molecule has 0 aromatic rings. The summed E-state index contributed by atoms with van der Waals surface area (Å²) in [6.45, 7) is 0. The van der Waals surface area contributed by atoms with Crippen molar-refractivity contribution < 1.29 is 9.59 Å². The summed E-state index contributed by atoms with van der Waals surface area (Å²) < 4.78 is -0.133. The molecule has 0 N–H and O–H groups in total. The first kappa shape index (κ1) is 11.5. The molecule has 0 bridgehead atoms. The third-order valence-corrected chi connectivity index (χ3v) is 1.31. The summed E-state index contributed by atoms with van der Waals surface area (Å²) in [6, 6.07) is 0. The molecule has 68 valence electrons. The summed E-state index contributed by atoms with van der Waals surface area (Å²) in [6.07, 6.45) is 0.820. The molecule has 0 aromatic heterocycles. The van der Waals surface area contributed by atoms with Gasteiger partial charge < -0.3 is 4.90 Å². The highest BCUT2D eigenvalue weighted by molar-refractivity contribution is 6.56. The fourth-order valence-electron chi connectivity index (χ4n) is 0.480. The van der Waals surface area contributed by atoms with Crippen LogP contribution in [0.1, 0.15) is 6.42 Å². The molecular weight excluding hydrogens is 201 g/mol. The Kier molecular flexibility index (Phi) is 4.93. The molecule has 0 heterocycles. The number of amides is 1. The van der Waals surface area contributed by atoms with Crippen molar-refractivity contribution in [3.05, 3.63) is 10.6 Å². The minimum absolute atomic E-state index is 0.133. The number of hydrogen-bond donors (Lipinski definition) is 0. The van der Waals surface area contributed by atoms with Crippen LogP contribution in [0.15, 0.2) is 10.6 Å². The molecule has 0 aromatic carbocycles. The molecule has 0 rings (SSSR count). The second-order valence-electron chi connectivity index (χ2n) is 2.37. The van der Waals surface area contributed by atoms with Crippen molar-refractivity contribution in [3.63, 3.8) is 0 Å². The minimum atomic E-state index is -0.395. The van der Waals surface area contributed by atoms with Crippen molar-refractivity contribution >= 4 is 34.9 Å². The summed E-state index contributed by atoms with van der Waals surface area (Å²) in [7, 11) is 3.14. The van der Waals surface area contributed by atoms with Crippen molar-refractivity contribution in [2.24, 2.45) is 0 Å². The zero-order valence-corrected chi connectivity index (χ0v) is 8.32. The first-order valence-corrected chi connectivity index (χ1v) is 3.94. The van der Waals surface area contributed by atoms with Gasteiger partial charge in [0, 0.05) is 20.2 Å². The molecule has 0 atom stereocenters. The monoisotopic (exact) mass is 209 g/mol. The number of carbonyl (C=O) groups excluding carboxylic acids is 2. The van der Waals surface area contributed by atoms with E-state index in [1.807, 2.05) is 0 Å². The third-order valence-electron chi connectivity index (χ3n) is 1.09. The van der Waals surface area contributed by atoms with Crippen LogP contribution in [-0.4, -0.2) is 30.7 Å². The molecule has 0 spiro atoms. The standard InChI is InChI=1S/C7H9Cl2NO2/c1-10(2)7(12)4-5(11)3-6(8)9/h3H,4H2,1-2H3. The lowest BCUT2D eigenvalue weighted by atomic mass is 10.2. The highest BCUT2D eigenvalue weighted by Crippen LogP contribution is 2.06. The number of hydrogen-bond acceptors (Lipinski definition) is 2.